The van der Waals surface area contributed by atoms with Gasteiger partial charge in [0, 0.05) is 23.6 Å². The topological polar surface area (TPSA) is 34.0 Å². The van der Waals surface area contributed by atoms with Crippen molar-refractivity contribution in [3.8, 4) is 5.75 Å². The third kappa shape index (κ3) is 8.11. The molecule has 0 spiro atoms. The van der Waals surface area contributed by atoms with Crippen LogP contribution in [0.2, 0.25) is 0 Å². The maximum Gasteiger partial charge on any atom is 0.131 e. The Morgan fingerprint density at radius 2 is 1.02 bits per heavy atom. The van der Waals surface area contributed by atoms with E-state index in [-0.39, 0.29) is 33.7 Å². The average Bonchev–Trinajstić information content (AvgIpc) is 2.84. The summed E-state index contributed by atoms with van der Waals surface area (Å²) in [4.78, 5) is 10.5. The Morgan fingerprint density at radius 1 is 0.610 bits per heavy atom. The van der Waals surface area contributed by atoms with E-state index in [4.69, 9.17) is 14.7 Å². The van der Waals surface area contributed by atoms with Crippen LogP contribution >= 0.6 is 0 Å². The lowest BCUT2D eigenvalue weighted by Gasteiger charge is -2.29. The van der Waals surface area contributed by atoms with E-state index in [0.29, 0.717) is 0 Å². The number of nitrogens with zero attached hydrogens (tertiary/aromatic N) is 2. The van der Waals surface area contributed by atoms with Crippen LogP contribution in [0.5, 0.6) is 5.75 Å². The zero-order chi connectivity index (χ0) is 31.0. The van der Waals surface area contributed by atoms with Crippen LogP contribution in [-0.4, -0.2) is 31.6 Å². The van der Waals surface area contributed by atoms with E-state index in [2.05, 4.69) is 127 Å². The van der Waals surface area contributed by atoms with Crippen LogP contribution in [0, 0.1) is 6.92 Å². The van der Waals surface area contributed by atoms with Gasteiger partial charge in [0.25, 0.3) is 0 Å². The van der Waals surface area contributed by atoms with Crippen molar-refractivity contribution >= 4 is 12.4 Å². The fourth-order valence-corrected chi connectivity index (χ4v) is 5.84. The Kier molecular flexibility index (Phi) is 9.73. The molecule has 0 radical (unpaired) electrons. The molecule has 3 heteroatoms. The van der Waals surface area contributed by atoms with Crippen molar-refractivity contribution in [1.29, 1.82) is 0 Å². The fourth-order valence-electron chi connectivity index (χ4n) is 5.84. The van der Waals surface area contributed by atoms with Crippen LogP contribution in [-0.2, 0) is 21.7 Å². The molecule has 1 fully saturated rings. The van der Waals surface area contributed by atoms with Gasteiger partial charge in [-0.15, -0.1) is 0 Å². The number of rotatable bonds is 5. The highest BCUT2D eigenvalue weighted by atomic mass is 16.5. The number of hydrogen-bond donors (Lipinski definition) is 0. The van der Waals surface area contributed by atoms with Gasteiger partial charge in [-0.25, -0.2) is 0 Å². The molecular formula is C38H58N2O. The minimum Gasteiger partial charge on any atom is -0.496 e. The molecule has 0 saturated heterocycles. The van der Waals surface area contributed by atoms with Crippen LogP contribution < -0.4 is 4.74 Å². The van der Waals surface area contributed by atoms with E-state index in [9.17, 15) is 0 Å². The monoisotopic (exact) mass is 558 g/mol. The molecule has 0 amide bonds. The first-order valence-electron chi connectivity index (χ1n) is 15.7. The van der Waals surface area contributed by atoms with E-state index in [1.807, 2.05) is 0 Å². The van der Waals surface area contributed by atoms with Crippen LogP contribution in [0.15, 0.2) is 34.3 Å². The molecule has 2 aromatic carbocycles. The molecule has 0 heterocycles. The van der Waals surface area contributed by atoms with Crippen LogP contribution in [0.4, 0.5) is 0 Å². The summed E-state index contributed by atoms with van der Waals surface area (Å²) in [6, 6.07) is 9.72. The van der Waals surface area contributed by atoms with Crippen molar-refractivity contribution in [2.24, 2.45) is 9.98 Å². The van der Waals surface area contributed by atoms with Crippen molar-refractivity contribution in [3.05, 3.63) is 63.2 Å². The maximum atomic E-state index is 6.01. The normalized spacial score (nSPS) is 19.4. The molecule has 0 aromatic heterocycles. The van der Waals surface area contributed by atoms with Crippen molar-refractivity contribution in [3.63, 3.8) is 0 Å². The molecule has 41 heavy (non-hydrogen) atoms. The lowest BCUT2D eigenvalue weighted by atomic mass is 9.77. The smallest absolute Gasteiger partial charge is 0.131 e. The van der Waals surface area contributed by atoms with Gasteiger partial charge >= 0.3 is 0 Å². The van der Waals surface area contributed by atoms with Crippen LogP contribution in [0.3, 0.4) is 0 Å². The summed E-state index contributed by atoms with van der Waals surface area (Å²) >= 11 is 0. The second-order valence-electron chi connectivity index (χ2n) is 16.4. The number of ether oxygens (including phenoxy) is 1. The van der Waals surface area contributed by atoms with Gasteiger partial charge in [-0.2, -0.15) is 0 Å². The Bertz CT molecular complexity index is 1270. The highest BCUT2D eigenvalue weighted by Gasteiger charge is 2.28. The number of aliphatic imine (C=N–C) groups is 2. The minimum absolute atomic E-state index is 0.0295. The molecule has 1 saturated carbocycles. The quantitative estimate of drug-likeness (QED) is 0.336. The third-order valence-electron chi connectivity index (χ3n) is 8.62. The van der Waals surface area contributed by atoms with Crippen molar-refractivity contribution in [2.45, 2.75) is 149 Å². The average molecular weight is 559 g/mol. The SMILES string of the molecule is COc1c(C=N[C@H]2CCCC[C@@H]2N=Cc2cc(C(C)(C)C)cc(C(C)(C)C)c2C)cc(C(C)(C)C)cc1C(C)(C)C. The van der Waals surface area contributed by atoms with E-state index in [1.165, 1.54) is 46.2 Å². The van der Waals surface area contributed by atoms with Crippen molar-refractivity contribution < 1.29 is 4.74 Å². The molecule has 226 valence electrons. The van der Waals surface area contributed by atoms with E-state index >= 15 is 0 Å². The summed E-state index contributed by atoms with van der Waals surface area (Å²) in [7, 11) is 1.78. The largest absolute Gasteiger partial charge is 0.496 e. The molecule has 3 rings (SSSR count). The van der Waals surface area contributed by atoms with E-state index < -0.39 is 0 Å². The van der Waals surface area contributed by atoms with Gasteiger partial charge in [-0.05, 0) is 81.4 Å². The summed E-state index contributed by atoms with van der Waals surface area (Å²) in [5.41, 5.74) is 9.14. The van der Waals surface area contributed by atoms with Gasteiger partial charge in [-0.1, -0.05) is 108 Å². The lowest BCUT2D eigenvalue weighted by Crippen LogP contribution is -2.27. The number of hydrogen-bond acceptors (Lipinski definition) is 3. The first kappa shape index (κ1) is 33.1. The van der Waals surface area contributed by atoms with Crippen molar-refractivity contribution in [2.75, 3.05) is 7.11 Å². The second-order valence-corrected chi connectivity index (χ2v) is 16.4. The fraction of sp³-hybridized carbons (Fsp3) is 0.632. The van der Waals surface area contributed by atoms with Gasteiger partial charge in [0.2, 0.25) is 0 Å². The van der Waals surface area contributed by atoms with Gasteiger partial charge in [-0.3, -0.25) is 9.98 Å². The molecular weight excluding hydrogens is 500 g/mol. The molecule has 0 unspecified atom stereocenters. The van der Waals surface area contributed by atoms with Crippen LogP contribution in [0.1, 0.15) is 148 Å². The highest BCUT2D eigenvalue weighted by molar-refractivity contribution is 5.86. The Labute approximate surface area is 252 Å². The molecule has 1 aliphatic rings. The minimum atomic E-state index is -0.0295. The Morgan fingerprint density at radius 3 is 1.44 bits per heavy atom. The molecule has 3 nitrogen and oxygen atoms in total. The first-order valence-corrected chi connectivity index (χ1v) is 15.7. The summed E-state index contributed by atoms with van der Waals surface area (Å²) in [6.45, 7) is 29.7. The Balaban J connectivity index is 2.02. The number of benzene rings is 2. The van der Waals surface area contributed by atoms with Gasteiger partial charge in [0.05, 0.1) is 19.2 Å². The van der Waals surface area contributed by atoms with Crippen molar-refractivity contribution in [1.82, 2.24) is 0 Å². The molecule has 1 aliphatic carbocycles. The van der Waals surface area contributed by atoms with Gasteiger partial charge in [0.15, 0.2) is 0 Å². The summed E-state index contributed by atoms with van der Waals surface area (Å²) in [6.07, 6.45) is 8.78. The molecule has 0 N–H and O–H groups in total. The molecule has 0 aliphatic heterocycles. The predicted molar refractivity (Wildman–Crippen MR) is 180 cm³/mol. The zero-order valence-electron chi connectivity index (χ0n) is 28.7. The highest BCUT2D eigenvalue weighted by Crippen LogP contribution is 2.38. The Hall–Kier alpha value is -2.42. The molecule has 2 atom stereocenters. The van der Waals surface area contributed by atoms with Crippen LogP contribution in [0.25, 0.3) is 0 Å². The number of methoxy groups -OCH3 is 1. The standard InChI is InChI=1S/C38H58N2O/c1-25-26(19-28(35(2,3)4)21-30(25)37(8,9)10)23-39-32-17-15-16-18-33(32)40-24-27-20-29(36(5,6)7)22-31(34(27)41-14)38(11,12)13/h19-24,32-33H,15-18H2,1-14H3/t32-,33-/m0/s1. The summed E-state index contributed by atoms with van der Waals surface area (Å²) < 4.78 is 6.01. The maximum absolute atomic E-state index is 6.01. The van der Waals surface area contributed by atoms with E-state index in [0.717, 1.165) is 24.2 Å². The third-order valence-corrected chi connectivity index (χ3v) is 8.62. The second kappa shape index (κ2) is 12.1. The van der Waals surface area contributed by atoms with E-state index in [1.54, 1.807) is 7.11 Å². The van der Waals surface area contributed by atoms with Gasteiger partial charge < -0.3 is 4.74 Å². The summed E-state index contributed by atoms with van der Waals surface area (Å²) in [5.74, 6) is 0.939. The first-order chi connectivity index (χ1) is 18.7. The van der Waals surface area contributed by atoms with Gasteiger partial charge in [0.1, 0.15) is 5.75 Å². The summed E-state index contributed by atoms with van der Waals surface area (Å²) in [5, 5.41) is 0. The lowest BCUT2D eigenvalue weighted by molar-refractivity contribution is 0.388. The zero-order valence-corrected chi connectivity index (χ0v) is 28.7. The predicted octanol–water partition coefficient (Wildman–Crippen LogP) is 10.0. The molecule has 2 aromatic rings. The molecule has 0 bridgehead atoms.